The molecule has 0 radical (unpaired) electrons. The molecule has 1 amide bonds. The van der Waals surface area contributed by atoms with Gasteiger partial charge in [-0.05, 0) is 25.5 Å². The minimum Gasteiger partial charge on any atom is -0.504 e. The molecular formula is C15H17NO8. The quantitative estimate of drug-likeness (QED) is 0.543. The number of phenolic OH excluding ortho intramolecular Hbond substituents is 2. The first-order valence-corrected chi connectivity index (χ1v) is 7.17. The highest BCUT2D eigenvalue weighted by molar-refractivity contribution is 6.01. The molecule has 1 aliphatic heterocycles. The molecule has 1 heterocycles. The third kappa shape index (κ3) is 2.80. The zero-order chi connectivity index (χ0) is 18.1. The zero-order valence-corrected chi connectivity index (χ0v) is 13.1. The Morgan fingerprint density at radius 2 is 2.00 bits per heavy atom. The van der Waals surface area contributed by atoms with E-state index in [4.69, 9.17) is 9.47 Å². The van der Waals surface area contributed by atoms with Crippen molar-refractivity contribution >= 4 is 23.7 Å². The number of anilines is 1. The fraction of sp³-hybridized carbons (Fsp3) is 0.400. The van der Waals surface area contributed by atoms with E-state index >= 15 is 0 Å². The molecule has 1 aromatic carbocycles. The molecule has 1 unspecified atom stereocenters. The van der Waals surface area contributed by atoms with Crippen molar-refractivity contribution in [2.24, 2.45) is 0 Å². The molecule has 0 saturated carbocycles. The van der Waals surface area contributed by atoms with E-state index in [1.807, 2.05) is 0 Å². The van der Waals surface area contributed by atoms with Gasteiger partial charge >= 0.3 is 18.0 Å². The molecular weight excluding hydrogens is 322 g/mol. The Hall–Kier alpha value is -2.97. The molecule has 2 rings (SSSR count). The lowest BCUT2D eigenvalue weighted by Gasteiger charge is -2.30. The largest absolute Gasteiger partial charge is 0.504 e. The van der Waals surface area contributed by atoms with Gasteiger partial charge in [-0.3, -0.25) is 9.69 Å². The predicted molar refractivity (Wildman–Crippen MR) is 79.6 cm³/mol. The van der Waals surface area contributed by atoms with Crippen molar-refractivity contribution in [3.05, 3.63) is 18.2 Å². The third-order valence-corrected chi connectivity index (χ3v) is 3.66. The van der Waals surface area contributed by atoms with Gasteiger partial charge in [0.15, 0.2) is 11.5 Å². The molecule has 0 aliphatic carbocycles. The van der Waals surface area contributed by atoms with Crippen LogP contribution < -0.4 is 4.90 Å². The van der Waals surface area contributed by atoms with Crippen LogP contribution in [0.4, 0.5) is 10.5 Å². The van der Waals surface area contributed by atoms with Gasteiger partial charge in [-0.2, -0.15) is 0 Å². The normalized spacial score (nSPS) is 23.0. The van der Waals surface area contributed by atoms with Crippen LogP contribution in [0.1, 0.15) is 26.7 Å². The van der Waals surface area contributed by atoms with Crippen LogP contribution in [0.3, 0.4) is 0 Å². The molecule has 3 N–H and O–H groups in total. The number of carbonyl (C=O) groups excluding carboxylic acids is 2. The van der Waals surface area contributed by atoms with E-state index in [0.29, 0.717) is 6.42 Å². The number of carbonyl (C=O) groups is 3. The van der Waals surface area contributed by atoms with Gasteiger partial charge in [0.1, 0.15) is 0 Å². The molecule has 1 fully saturated rings. The van der Waals surface area contributed by atoms with Gasteiger partial charge in [0.2, 0.25) is 5.54 Å². The summed E-state index contributed by atoms with van der Waals surface area (Å²) in [7, 11) is 0. The first-order chi connectivity index (χ1) is 11.2. The maximum atomic E-state index is 12.1. The molecule has 2 atom stereocenters. The van der Waals surface area contributed by atoms with E-state index in [0.717, 1.165) is 24.0 Å². The zero-order valence-electron chi connectivity index (χ0n) is 13.1. The van der Waals surface area contributed by atoms with E-state index in [1.54, 1.807) is 6.92 Å². The molecule has 0 aromatic heterocycles. The van der Waals surface area contributed by atoms with Crippen LogP contribution in [0.2, 0.25) is 0 Å². The Kier molecular flexibility index (Phi) is 4.54. The molecule has 24 heavy (non-hydrogen) atoms. The number of hydrogen-bond acceptors (Lipinski definition) is 7. The molecule has 1 aromatic rings. The third-order valence-electron chi connectivity index (χ3n) is 3.66. The molecule has 0 bridgehead atoms. The second-order valence-electron chi connectivity index (χ2n) is 5.42. The van der Waals surface area contributed by atoms with Crippen molar-refractivity contribution in [2.75, 3.05) is 4.90 Å². The number of cyclic esters (lactones) is 1. The fourth-order valence-corrected chi connectivity index (χ4v) is 2.30. The number of hydrogen-bond donors (Lipinski definition) is 3. The number of esters is 1. The number of amides is 1. The van der Waals surface area contributed by atoms with E-state index in [9.17, 15) is 29.7 Å². The highest BCUT2D eigenvalue weighted by Gasteiger charge is 2.60. The van der Waals surface area contributed by atoms with E-state index in [1.165, 1.54) is 6.07 Å². The van der Waals surface area contributed by atoms with Crippen molar-refractivity contribution in [3.8, 4) is 11.5 Å². The van der Waals surface area contributed by atoms with Gasteiger partial charge in [-0.1, -0.05) is 6.92 Å². The summed E-state index contributed by atoms with van der Waals surface area (Å²) in [5.74, 6) is -3.14. The van der Waals surface area contributed by atoms with Crippen molar-refractivity contribution in [1.29, 1.82) is 0 Å². The maximum absolute atomic E-state index is 12.1. The lowest BCUT2D eigenvalue weighted by Crippen LogP contribution is -2.56. The van der Waals surface area contributed by atoms with E-state index < -0.39 is 41.4 Å². The van der Waals surface area contributed by atoms with Crippen molar-refractivity contribution in [2.45, 2.75) is 38.5 Å². The average molecular weight is 339 g/mol. The summed E-state index contributed by atoms with van der Waals surface area (Å²) in [6, 6.07) is 3.33. The number of carboxylic acid groups (broad SMARTS) is 1. The number of aliphatic carboxylic acids is 1. The van der Waals surface area contributed by atoms with Crippen LogP contribution in [0.5, 0.6) is 11.5 Å². The Balaban J connectivity index is 2.43. The SMILES string of the molecule is CCCC(=O)OC1OC(=O)N(c2ccc(O)c(O)c2)[C@@]1(C)C(=O)O. The molecule has 1 aliphatic rings. The van der Waals surface area contributed by atoms with Crippen LogP contribution in [0, 0.1) is 0 Å². The molecule has 9 heteroatoms. The summed E-state index contributed by atoms with van der Waals surface area (Å²) in [6.07, 6.45) is -2.18. The number of benzene rings is 1. The summed E-state index contributed by atoms with van der Waals surface area (Å²) in [5.41, 5.74) is -2.07. The van der Waals surface area contributed by atoms with Crippen LogP contribution in [0.15, 0.2) is 18.2 Å². The minimum atomic E-state index is -2.04. The summed E-state index contributed by atoms with van der Waals surface area (Å²) in [5, 5.41) is 28.5. The highest BCUT2D eigenvalue weighted by atomic mass is 16.7. The van der Waals surface area contributed by atoms with E-state index in [2.05, 4.69) is 0 Å². The number of aromatic hydroxyl groups is 2. The first kappa shape index (κ1) is 17.4. The van der Waals surface area contributed by atoms with Crippen molar-refractivity contribution < 1.29 is 39.2 Å². The number of phenols is 2. The predicted octanol–water partition coefficient (Wildman–Crippen LogP) is 1.57. The molecule has 130 valence electrons. The summed E-state index contributed by atoms with van der Waals surface area (Å²) in [6.45, 7) is 2.90. The van der Waals surface area contributed by atoms with E-state index in [-0.39, 0.29) is 12.1 Å². The van der Waals surface area contributed by atoms with Gasteiger partial charge in [0.25, 0.3) is 6.29 Å². The first-order valence-electron chi connectivity index (χ1n) is 7.17. The van der Waals surface area contributed by atoms with Crippen LogP contribution >= 0.6 is 0 Å². The average Bonchev–Trinajstić information content (AvgIpc) is 2.74. The second kappa shape index (κ2) is 6.26. The molecule has 1 saturated heterocycles. The Bertz CT molecular complexity index is 688. The number of ether oxygens (including phenoxy) is 2. The number of carboxylic acids is 1. The monoisotopic (exact) mass is 339 g/mol. The van der Waals surface area contributed by atoms with Gasteiger partial charge in [0.05, 0.1) is 5.69 Å². The topological polar surface area (TPSA) is 134 Å². The lowest BCUT2D eigenvalue weighted by atomic mass is 9.99. The van der Waals surface area contributed by atoms with Crippen molar-refractivity contribution in [3.63, 3.8) is 0 Å². The Morgan fingerprint density at radius 3 is 2.54 bits per heavy atom. The highest BCUT2D eigenvalue weighted by Crippen LogP contribution is 2.39. The maximum Gasteiger partial charge on any atom is 0.418 e. The van der Waals surface area contributed by atoms with Gasteiger partial charge in [-0.25, -0.2) is 9.59 Å². The van der Waals surface area contributed by atoms with Crippen LogP contribution in [-0.2, 0) is 19.1 Å². The van der Waals surface area contributed by atoms with Crippen LogP contribution in [0.25, 0.3) is 0 Å². The number of nitrogens with zero attached hydrogens (tertiary/aromatic N) is 1. The lowest BCUT2D eigenvalue weighted by molar-refractivity contribution is -0.177. The summed E-state index contributed by atoms with van der Waals surface area (Å²) >= 11 is 0. The smallest absolute Gasteiger partial charge is 0.418 e. The number of rotatable bonds is 5. The Labute approximate surface area is 137 Å². The Morgan fingerprint density at radius 1 is 1.33 bits per heavy atom. The fourth-order valence-electron chi connectivity index (χ4n) is 2.30. The van der Waals surface area contributed by atoms with Crippen molar-refractivity contribution in [1.82, 2.24) is 0 Å². The summed E-state index contributed by atoms with van der Waals surface area (Å²) < 4.78 is 9.90. The van der Waals surface area contributed by atoms with Gasteiger partial charge in [0, 0.05) is 12.5 Å². The standard InChI is InChI=1S/C15H17NO8/c1-3-4-11(19)23-13-15(2,12(20)21)16(14(22)24-13)8-5-6-9(17)10(18)7-8/h5-7,13,17-18H,3-4H2,1-2H3,(H,20,21)/t13?,15-/m0/s1. The van der Waals surface area contributed by atoms with Gasteiger partial charge < -0.3 is 24.8 Å². The minimum absolute atomic E-state index is 0.0331. The molecule has 0 spiro atoms. The molecule has 9 nitrogen and oxygen atoms in total. The second-order valence-corrected chi connectivity index (χ2v) is 5.42. The van der Waals surface area contributed by atoms with Gasteiger partial charge in [-0.15, -0.1) is 0 Å². The summed E-state index contributed by atoms with van der Waals surface area (Å²) in [4.78, 5) is 36.3. The van der Waals surface area contributed by atoms with Crippen LogP contribution in [-0.4, -0.2) is 45.2 Å².